The van der Waals surface area contributed by atoms with Crippen molar-refractivity contribution in [3.63, 3.8) is 0 Å². The van der Waals surface area contributed by atoms with Gasteiger partial charge in [0, 0.05) is 6.61 Å². The van der Waals surface area contributed by atoms with E-state index in [1.165, 1.54) is 6.07 Å². The number of ether oxygens (including phenoxy) is 1. The van der Waals surface area contributed by atoms with Crippen LogP contribution in [0.3, 0.4) is 0 Å². The maximum atomic E-state index is 13.7. The summed E-state index contributed by atoms with van der Waals surface area (Å²) < 4.78 is 33.0. The highest BCUT2D eigenvalue weighted by Gasteiger charge is 2.57. The zero-order valence-corrected chi connectivity index (χ0v) is 17.5. The molecule has 4 nitrogen and oxygen atoms in total. The Morgan fingerprint density at radius 1 is 0.935 bits per heavy atom. The third-order valence-corrected chi connectivity index (χ3v) is 7.40. The van der Waals surface area contributed by atoms with Gasteiger partial charge in [-0.1, -0.05) is 18.2 Å². The van der Waals surface area contributed by atoms with E-state index in [9.17, 15) is 18.4 Å². The summed E-state index contributed by atoms with van der Waals surface area (Å²) in [6, 6.07) is 9.07. The molecule has 1 unspecified atom stereocenters. The van der Waals surface area contributed by atoms with Crippen molar-refractivity contribution in [2.75, 3.05) is 6.61 Å². The first-order chi connectivity index (χ1) is 14.8. The quantitative estimate of drug-likeness (QED) is 0.717. The molecule has 2 aromatic carbocycles. The number of benzene rings is 2. The summed E-state index contributed by atoms with van der Waals surface area (Å²) in [5.41, 5.74) is 1.63. The number of Topliss-reactive ketones (excluding diaryl/α,β-unsaturated/α-hetero) is 1. The molecule has 0 aromatic heterocycles. The summed E-state index contributed by atoms with van der Waals surface area (Å²) in [4.78, 5) is 26.6. The normalized spacial score (nSPS) is 30.4. The molecule has 1 aliphatic carbocycles. The molecule has 0 bridgehead atoms. The van der Waals surface area contributed by atoms with E-state index in [-0.39, 0.29) is 17.3 Å². The number of aryl methyl sites for hydroxylation is 1. The average Bonchev–Trinajstić information content (AvgIpc) is 3.30. The second-order valence-electron chi connectivity index (χ2n) is 9.20. The Balaban J connectivity index is 1.45. The largest absolute Gasteiger partial charge is 0.375 e. The molecule has 1 amide bonds. The predicted octanol–water partition coefficient (Wildman–Crippen LogP) is 4.58. The van der Waals surface area contributed by atoms with Gasteiger partial charge in [0.15, 0.2) is 17.4 Å². The van der Waals surface area contributed by atoms with E-state index in [4.69, 9.17) is 4.74 Å². The number of amides is 1. The van der Waals surface area contributed by atoms with E-state index in [0.717, 1.165) is 50.0 Å². The van der Waals surface area contributed by atoms with Crippen LogP contribution < -0.4 is 5.32 Å². The second kappa shape index (κ2) is 7.23. The van der Waals surface area contributed by atoms with Crippen LogP contribution in [0.4, 0.5) is 8.78 Å². The molecule has 162 valence electrons. The number of nitrogens with one attached hydrogen (secondary N) is 1. The van der Waals surface area contributed by atoms with Crippen LogP contribution in [0, 0.1) is 18.6 Å². The predicted molar refractivity (Wildman–Crippen MR) is 112 cm³/mol. The molecule has 2 aliphatic heterocycles. The van der Waals surface area contributed by atoms with Gasteiger partial charge in [0.1, 0.15) is 5.92 Å². The highest BCUT2D eigenvalue weighted by Crippen LogP contribution is 2.47. The van der Waals surface area contributed by atoms with E-state index in [1.807, 2.05) is 13.0 Å². The molecule has 2 heterocycles. The van der Waals surface area contributed by atoms with E-state index in [1.54, 1.807) is 12.1 Å². The molecule has 3 aliphatic rings. The molecule has 2 aromatic rings. The molecule has 1 N–H and O–H groups in total. The fraction of sp³-hybridized carbons (Fsp3) is 0.440. The molecular formula is C25H25F2NO3. The van der Waals surface area contributed by atoms with E-state index < -0.39 is 23.1 Å². The van der Waals surface area contributed by atoms with E-state index >= 15 is 0 Å². The molecular weight excluding hydrogens is 400 g/mol. The number of halogens is 2. The summed E-state index contributed by atoms with van der Waals surface area (Å²) in [7, 11) is 0. The molecule has 31 heavy (non-hydrogen) atoms. The third kappa shape index (κ3) is 3.28. The van der Waals surface area contributed by atoms with Crippen molar-refractivity contribution in [3.8, 4) is 11.1 Å². The van der Waals surface area contributed by atoms with Crippen molar-refractivity contribution in [2.24, 2.45) is 0 Å². The van der Waals surface area contributed by atoms with Crippen molar-refractivity contribution in [3.05, 3.63) is 59.2 Å². The topological polar surface area (TPSA) is 55.4 Å². The Morgan fingerprint density at radius 2 is 1.65 bits per heavy atom. The number of carbonyl (C=O) groups excluding carboxylic acids is 2. The summed E-state index contributed by atoms with van der Waals surface area (Å²) >= 11 is 0. The van der Waals surface area contributed by atoms with Gasteiger partial charge >= 0.3 is 0 Å². The van der Waals surface area contributed by atoms with Gasteiger partial charge < -0.3 is 10.1 Å². The van der Waals surface area contributed by atoms with Crippen LogP contribution in [0.15, 0.2) is 36.4 Å². The first-order valence-corrected chi connectivity index (χ1v) is 10.9. The standard InChI is InChI=1S/C25H25F2NO3/c1-15-3-4-16(17-5-6-19(26)20(27)14-17)13-18(15)21-22(29)25(28-23(21)30)10-8-24(9-11-25)7-2-12-31-24/h3-6,13-14,21H,2,7-12H2,1H3,(H,28,30). The fourth-order valence-corrected chi connectivity index (χ4v) is 5.51. The van der Waals surface area contributed by atoms with E-state index in [2.05, 4.69) is 5.32 Å². The van der Waals surface area contributed by atoms with Crippen molar-refractivity contribution in [1.82, 2.24) is 5.32 Å². The summed E-state index contributed by atoms with van der Waals surface area (Å²) in [5, 5.41) is 3.02. The summed E-state index contributed by atoms with van der Waals surface area (Å²) in [6.45, 7) is 2.63. The van der Waals surface area contributed by atoms with Crippen molar-refractivity contribution in [1.29, 1.82) is 0 Å². The Hall–Kier alpha value is -2.60. The van der Waals surface area contributed by atoms with Gasteiger partial charge in [0.05, 0.1) is 11.1 Å². The van der Waals surface area contributed by atoms with Crippen LogP contribution >= 0.6 is 0 Å². The highest BCUT2D eigenvalue weighted by atomic mass is 19.2. The number of rotatable bonds is 2. The lowest BCUT2D eigenvalue weighted by atomic mass is 9.70. The maximum absolute atomic E-state index is 13.7. The number of carbonyl (C=O) groups is 2. The van der Waals surface area contributed by atoms with Gasteiger partial charge in [0.25, 0.3) is 0 Å². The van der Waals surface area contributed by atoms with Crippen LogP contribution in [0.2, 0.25) is 0 Å². The molecule has 1 saturated carbocycles. The monoisotopic (exact) mass is 425 g/mol. The lowest BCUT2D eigenvalue weighted by molar-refractivity contribution is -0.127. The Labute approximate surface area is 180 Å². The number of hydrogen-bond acceptors (Lipinski definition) is 3. The van der Waals surface area contributed by atoms with Crippen LogP contribution in [0.25, 0.3) is 11.1 Å². The van der Waals surface area contributed by atoms with Crippen molar-refractivity contribution in [2.45, 2.75) is 62.5 Å². The zero-order chi connectivity index (χ0) is 21.8. The van der Waals surface area contributed by atoms with Crippen LogP contribution in [0.1, 0.15) is 55.6 Å². The van der Waals surface area contributed by atoms with Gasteiger partial charge in [-0.2, -0.15) is 0 Å². The molecule has 2 saturated heterocycles. The summed E-state index contributed by atoms with van der Waals surface area (Å²) in [5.74, 6) is -3.10. The minimum absolute atomic E-state index is 0.0871. The van der Waals surface area contributed by atoms with Crippen molar-refractivity contribution >= 4 is 11.7 Å². The third-order valence-electron chi connectivity index (χ3n) is 7.40. The number of hydrogen-bond donors (Lipinski definition) is 1. The Kier molecular flexibility index (Phi) is 4.74. The molecule has 0 radical (unpaired) electrons. The highest BCUT2D eigenvalue weighted by molar-refractivity contribution is 6.17. The first-order valence-electron chi connectivity index (χ1n) is 10.9. The van der Waals surface area contributed by atoms with E-state index in [0.29, 0.717) is 29.5 Å². The van der Waals surface area contributed by atoms with Crippen molar-refractivity contribution < 1.29 is 23.1 Å². The molecule has 6 heteroatoms. The maximum Gasteiger partial charge on any atom is 0.235 e. The minimum Gasteiger partial charge on any atom is -0.375 e. The zero-order valence-electron chi connectivity index (χ0n) is 17.5. The molecule has 2 spiro atoms. The minimum atomic E-state index is -0.932. The molecule has 1 atom stereocenters. The Bertz CT molecular complexity index is 1060. The Morgan fingerprint density at radius 3 is 2.32 bits per heavy atom. The summed E-state index contributed by atoms with van der Waals surface area (Å²) in [6.07, 6.45) is 4.81. The fourth-order valence-electron chi connectivity index (χ4n) is 5.51. The van der Waals surface area contributed by atoms with Gasteiger partial charge in [-0.3, -0.25) is 9.59 Å². The lowest BCUT2D eigenvalue weighted by Crippen LogP contribution is -2.52. The smallest absolute Gasteiger partial charge is 0.235 e. The molecule has 3 fully saturated rings. The number of ketones is 1. The van der Waals surface area contributed by atoms with Crippen LogP contribution in [-0.2, 0) is 14.3 Å². The van der Waals surface area contributed by atoms with Crippen LogP contribution in [0.5, 0.6) is 0 Å². The molecule has 5 rings (SSSR count). The second-order valence-corrected chi connectivity index (χ2v) is 9.20. The first kappa shape index (κ1) is 20.3. The average molecular weight is 425 g/mol. The van der Waals surface area contributed by atoms with Gasteiger partial charge in [0.2, 0.25) is 5.91 Å². The van der Waals surface area contributed by atoms with Gasteiger partial charge in [-0.25, -0.2) is 8.78 Å². The van der Waals surface area contributed by atoms with Gasteiger partial charge in [-0.05, 0) is 85.9 Å². The lowest BCUT2D eigenvalue weighted by Gasteiger charge is -2.41. The van der Waals surface area contributed by atoms with Crippen LogP contribution in [-0.4, -0.2) is 29.4 Å². The SMILES string of the molecule is Cc1ccc(-c2ccc(F)c(F)c2)cc1C1C(=O)NC2(CCC3(CCCO3)CC2)C1=O. The van der Waals surface area contributed by atoms with Gasteiger partial charge in [-0.15, -0.1) is 0 Å².